The number of hydrogen-bond acceptors (Lipinski definition) is 3. The first-order valence-electron chi connectivity index (χ1n) is 5.17. The van der Waals surface area contributed by atoms with Gasteiger partial charge < -0.3 is 4.74 Å². The number of ether oxygens (including phenoxy) is 1. The number of alkyl halides is 3. The lowest BCUT2D eigenvalue weighted by molar-refractivity contribution is -0.142. The fourth-order valence-corrected chi connectivity index (χ4v) is 2.63. The predicted molar refractivity (Wildman–Crippen MR) is 69.9 cm³/mol. The normalized spacial score (nSPS) is 10.8. The topological polar surface area (TPSA) is 39.2 Å². The molecule has 0 unspecified atom stereocenters. The first-order chi connectivity index (χ1) is 8.49. The summed E-state index contributed by atoms with van der Waals surface area (Å²) >= 11 is 6.34. The highest BCUT2D eigenvalue weighted by atomic mass is 79.9. The van der Waals surface area contributed by atoms with Crippen LogP contribution in [0.15, 0.2) is 10.7 Å². The van der Waals surface area contributed by atoms with Crippen LogP contribution in [0, 0.1) is 0 Å². The Morgan fingerprint density at radius 3 is 2.67 bits per heavy atom. The van der Waals surface area contributed by atoms with E-state index in [9.17, 15) is 13.6 Å². The highest BCUT2D eigenvalue weighted by molar-refractivity contribution is 9.10. The van der Waals surface area contributed by atoms with E-state index in [1.54, 1.807) is 6.92 Å². The summed E-state index contributed by atoms with van der Waals surface area (Å²) in [7, 11) is 0. The largest absolute Gasteiger partial charge is 0.466 e. The molecule has 0 aromatic carbocycles. The molecule has 0 fully saturated rings. The summed E-state index contributed by atoms with van der Waals surface area (Å²) in [5.41, 5.74) is 0.513. The molecule has 1 aromatic heterocycles. The number of hydrogen-bond donors (Lipinski definition) is 0. The molecule has 1 aromatic rings. The van der Waals surface area contributed by atoms with Crippen LogP contribution >= 0.6 is 31.9 Å². The number of pyridine rings is 1. The Hall–Kier alpha value is -0.560. The van der Waals surface area contributed by atoms with Crippen LogP contribution in [0.2, 0.25) is 0 Å². The molecule has 0 saturated heterocycles. The molecular formula is C11H11Br2F2NO2. The van der Waals surface area contributed by atoms with Crippen molar-refractivity contribution in [2.45, 2.75) is 25.1 Å². The van der Waals surface area contributed by atoms with Crippen molar-refractivity contribution in [1.82, 2.24) is 4.98 Å². The molecule has 3 nitrogen and oxygen atoms in total. The lowest BCUT2D eigenvalue weighted by atomic mass is 10.1. The molecule has 0 N–H and O–H groups in total. The van der Waals surface area contributed by atoms with Gasteiger partial charge in [-0.1, -0.05) is 15.9 Å². The molecule has 0 aliphatic rings. The fourth-order valence-electron chi connectivity index (χ4n) is 1.38. The summed E-state index contributed by atoms with van der Waals surface area (Å²) in [5.74, 6) is -0.538. The number of nitrogens with zero attached hydrogens (tertiary/aromatic N) is 1. The number of halogens is 4. The van der Waals surface area contributed by atoms with Crippen LogP contribution in [0.25, 0.3) is 0 Å². The van der Waals surface area contributed by atoms with Crippen molar-refractivity contribution in [2.24, 2.45) is 0 Å². The summed E-state index contributed by atoms with van der Waals surface area (Å²) < 4.78 is 30.8. The van der Waals surface area contributed by atoms with Gasteiger partial charge >= 0.3 is 5.97 Å². The lowest BCUT2D eigenvalue weighted by Gasteiger charge is -2.11. The summed E-state index contributed by atoms with van der Waals surface area (Å²) in [6.45, 7) is 1.88. The molecule has 1 rings (SSSR count). The van der Waals surface area contributed by atoms with Gasteiger partial charge in [-0.3, -0.25) is 4.79 Å². The van der Waals surface area contributed by atoms with Crippen LogP contribution in [0.5, 0.6) is 0 Å². The maximum Gasteiger partial charge on any atom is 0.310 e. The van der Waals surface area contributed by atoms with Gasteiger partial charge in [-0.25, -0.2) is 13.8 Å². The predicted octanol–water partition coefficient (Wildman–Crippen LogP) is 3.78. The van der Waals surface area contributed by atoms with E-state index in [0.717, 1.165) is 0 Å². The summed E-state index contributed by atoms with van der Waals surface area (Å²) in [6.07, 6.45) is -2.93. The Morgan fingerprint density at radius 2 is 2.17 bits per heavy atom. The highest BCUT2D eigenvalue weighted by Gasteiger charge is 2.20. The molecule has 0 atom stereocenters. The minimum Gasteiger partial charge on any atom is -0.466 e. The minimum absolute atomic E-state index is 0.195. The van der Waals surface area contributed by atoms with Gasteiger partial charge in [0.15, 0.2) is 0 Å². The zero-order valence-corrected chi connectivity index (χ0v) is 12.7. The molecule has 7 heteroatoms. The van der Waals surface area contributed by atoms with Gasteiger partial charge in [-0.2, -0.15) is 0 Å². The van der Waals surface area contributed by atoms with Crippen molar-refractivity contribution in [1.29, 1.82) is 0 Å². The number of esters is 1. The Balaban J connectivity index is 3.10. The Bertz CT molecular complexity index is 441. The molecule has 0 radical (unpaired) electrons. The van der Waals surface area contributed by atoms with Crippen molar-refractivity contribution >= 4 is 37.8 Å². The fraction of sp³-hybridized carbons (Fsp3) is 0.455. The standard InChI is InChI=1S/C11H11Br2F2NO2/c1-2-18-8(17)4-6-3-7(5-12)10(13)16-9(6)11(14)15/h3,11H,2,4-5H2,1H3. The quantitative estimate of drug-likeness (QED) is 0.439. The number of carbonyl (C=O) groups is 1. The maximum absolute atomic E-state index is 12.8. The third kappa shape index (κ3) is 3.98. The molecule has 1 heterocycles. The molecule has 0 amide bonds. The van der Waals surface area contributed by atoms with Gasteiger partial charge in [0.1, 0.15) is 10.3 Å². The van der Waals surface area contributed by atoms with Crippen LogP contribution in [0.1, 0.15) is 30.2 Å². The van der Waals surface area contributed by atoms with Crippen molar-refractivity contribution in [3.63, 3.8) is 0 Å². The summed E-state index contributed by atoms with van der Waals surface area (Å²) in [5, 5.41) is 0.458. The van der Waals surface area contributed by atoms with E-state index in [0.29, 0.717) is 15.5 Å². The first kappa shape index (κ1) is 15.5. The molecule has 0 spiro atoms. The van der Waals surface area contributed by atoms with Crippen LogP contribution in [-0.4, -0.2) is 17.6 Å². The second-order valence-electron chi connectivity index (χ2n) is 3.40. The van der Waals surface area contributed by atoms with Crippen LogP contribution in [-0.2, 0) is 21.3 Å². The Labute approximate surface area is 120 Å². The molecule has 100 valence electrons. The van der Waals surface area contributed by atoms with Gasteiger partial charge in [0.05, 0.1) is 13.0 Å². The smallest absolute Gasteiger partial charge is 0.310 e. The van der Waals surface area contributed by atoms with E-state index in [1.807, 2.05) is 0 Å². The lowest BCUT2D eigenvalue weighted by Crippen LogP contribution is -2.11. The summed E-state index contributed by atoms with van der Waals surface area (Å²) in [6, 6.07) is 1.53. The van der Waals surface area contributed by atoms with Gasteiger partial charge in [-0.05, 0) is 40.0 Å². The zero-order chi connectivity index (χ0) is 13.7. The van der Waals surface area contributed by atoms with Gasteiger partial charge in [0.25, 0.3) is 6.43 Å². The molecule has 0 aliphatic heterocycles. The van der Waals surface area contributed by atoms with Crippen molar-refractivity contribution in [3.05, 3.63) is 27.5 Å². The molecular weight excluding hydrogens is 376 g/mol. The molecule has 0 saturated carbocycles. The van der Waals surface area contributed by atoms with Crippen molar-refractivity contribution in [2.75, 3.05) is 6.61 Å². The van der Waals surface area contributed by atoms with Gasteiger partial charge in [0, 0.05) is 5.33 Å². The summed E-state index contributed by atoms with van der Waals surface area (Å²) in [4.78, 5) is 15.1. The second kappa shape index (κ2) is 7.13. The zero-order valence-electron chi connectivity index (χ0n) is 9.55. The van der Waals surface area contributed by atoms with E-state index in [4.69, 9.17) is 4.74 Å². The van der Waals surface area contributed by atoms with Crippen LogP contribution in [0.4, 0.5) is 8.78 Å². The van der Waals surface area contributed by atoms with Crippen LogP contribution in [0.3, 0.4) is 0 Å². The van der Waals surface area contributed by atoms with Gasteiger partial charge in [-0.15, -0.1) is 0 Å². The number of aromatic nitrogens is 1. The van der Waals surface area contributed by atoms with E-state index in [2.05, 4.69) is 36.8 Å². The number of rotatable bonds is 5. The third-order valence-electron chi connectivity index (χ3n) is 2.15. The average Bonchev–Trinajstić information content (AvgIpc) is 2.30. The third-order valence-corrected chi connectivity index (χ3v) is 3.44. The van der Waals surface area contributed by atoms with Crippen molar-refractivity contribution in [3.8, 4) is 0 Å². The Kier molecular flexibility index (Phi) is 6.14. The molecule has 18 heavy (non-hydrogen) atoms. The highest BCUT2D eigenvalue weighted by Crippen LogP contribution is 2.27. The average molecular weight is 387 g/mol. The second-order valence-corrected chi connectivity index (χ2v) is 4.71. The van der Waals surface area contributed by atoms with E-state index in [-0.39, 0.29) is 24.3 Å². The SMILES string of the molecule is CCOC(=O)Cc1cc(CBr)c(Br)nc1C(F)F. The molecule has 0 bridgehead atoms. The monoisotopic (exact) mass is 385 g/mol. The van der Waals surface area contributed by atoms with E-state index >= 15 is 0 Å². The maximum atomic E-state index is 12.8. The van der Waals surface area contributed by atoms with Gasteiger partial charge in [0.2, 0.25) is 0 Å². The first-order valence-corrected chi connectivity index (χ1v) is 7.09. The van der Waals surface area contributed by atoms with Crippen molar-refractivity contribution < 1.29 is 18.3 Å². The van der Waals surface area contributed by atoms with E-state index in [1.165, 1.54) is 6.07 Å². The molecule has 0 aliphatic carbocycles. The minimum atomic E-state index is -2.73. The van der Waals surface area contributed by atoms with E-state index < -0.39 is 12.4 Å². The number of carbonyl (C=O) groups excluding carboxylic acids is 1. The Morgan fingerprint density at radius 1 is 1.50 bits per heavy atom. The van der Waals surface area contributed by atoms with Crippen LogP contribution < -0.4 is 0 Å².